The van der Waals surface area contributed by atoms with Gasteiger partial charge in [0.2, 0.25) is 0 Å². The average molecular weight is 320 g/mol. The molecule has 8 heteroatoms. The van der Waals surface area contributed by atoms with E-state index in [4.69, 9.17) is 4.74 Å². The summed E-state index contributed by atoms with van der Waals surface area (Å²) >= 11 is 0. The Morgan fingerprint density at radius 2 is 1.59 bits per heavy atom. The van der Waals surface area contributed by atoms with Crippen LogP contribution in [-0.2, 0) is 15.7 Å². The molecule has 22 heavy (non-hydrogen) atoms. The lowest BCUT2D eigenvalue weighted by molar-refractivity contribution is -0.139. The summed E-state index contributed by atoms with van der Waals surface area (Å²) < 4.78 is 53.5. The predicted molar refractivity (Wildman–Crippen MR) is 69.9 cm³/mol. The number of rotatable bonds is 5. The van der Waals surface area contributed by atoms with Crippen LogP contribution in [0.5, 0.6) is 5.75 Å². The highest BCUT2D eigenvalue weighted by atomic mass is 19.4. The minimum atomic E-state index is -4.85. The maximum Gasteiger partial charge on any atom is 0.420 e. The Morgan fingerprint density at radius 1 is 1.05 bits per heavy atom. The smallest absolute Gasteiger partial charge is 0.420 e. The zero-order valence-corrected chi connectivity index (χ0v) is 12.2. The van der Waals surface area contributed by atoms with E-state index in [1.165, 1.54) is 6.92 Å². The van der Waals surface area contributed by atoms with Gasteiger partial charge in [-0.25, -0.2) is 9.59 Å². The Balaban J connectivity index is 3.55. The zero-order valence-electron chi connectivity index (χ0n) is 12.2. The van der Waals surface area contributed by atoms with Crippen molar-refractivity contribution in [2.45, 2.75) is 20.0 Å². The van der Waals surface area contributed by atoms with Gasteiger partial charge < -0.3 is 14.2 Å². The van der Waals surface area contributed by atoms with Crippen molar-refractivity contribution in [1.82, 2.24) is 0 Å². The number of methoxy groups -OCH3 is 1. The number of esters is 2. The van der Waals surface area contributed by atoms with Gasteiger partial charge in [0.1, 0.15) is 11.3 Å². The van der Waals surface area contributed by atoms with E-state index < -0.39 is 35.0 Å². The Morgan fingerprint density at radius 3 is 2.05 bits per heavy atom. The average Bonchev–Trinajstić information content (AvgIpc) is 2.45. The molecule has 0 aliphatic carbocycles. The van der Waals surface area contributed by atoms with Crippen LogP contribution in [0.4, 0.5) is 13.2 Å². The third-order valence-electron chi connectivity index (χ3n) is 2.61. The maximum absolute atomic E-state index is 13.2. The second kappa shape index (κ2) is 7.15. The van der Waals surface area contributed by atoms with Gasteiger partial charge in [-0.3, -0.25) is 0 Å². The summed E-state index contributed by atoms with van der Waals surface area (Å²) in [6, 6.07) is 1.67. The SMILES string of the molecule is CCOC(=O)c1cc(OC)c(C(F)(F)F)c(C(=O)OCC)c1. The number of alkyl halides is 3. The molecule has 1 aromatic rings. The Bertz CT molecular complexity index is 566. The fourth-order valence-corrected chi connectivity index (χ4v) is 1.77. The molecule has 0 spiro atoms. The highest BCUT2D eigenvalue weighted by Gasteiger charge is 2.40. The standard InChI is InChI=1S/C14H15F3O5/c1-4-21-12(18)8-6-9(13(19)22-5-2)11(14(15,16)17)10(7-8)20-3/h6-7H,4-5H2,1-3H3. The van der Waals surface area contributed by atoms with Crippen LogP contribution < -0.4 is 4.74 Å². The first-order chi connectivity index (χ1) is 10.3. The Labute approximate surface area is 125 Å². The molecule has 122 valence electrons. The molecular weight excluding hydrogens is 305 g/mol. The van der Waals surface area contributed by atoms with E-state index in [0.717, 1.165) is 19.2 Å². The lowest BCUT2D eigenvalue weighted by atomic mass is 10.0. The summed E-state index contributed by atoms with van der Waals surface area (Å²) in [4.78, 5) is 23.5. The fourth-order valence-electron chi connectivity index (χ4n) is 1.77. The van der Waals surface area contributed by atoms with E-state index in [1.807, 2.05) is 0 Å². The fraction of sp³-hybridized carbons (Fsp3) is 0.429. The van der Waals surface area contributed by atoms with Gasteiger partial charge in [0.05, 0.1) is 31.5 Å². The van der Waals surface area contributed by atoms with Crippen LogP contribution >= 0.6 is 0 Å². The molecule has 0 unspecified atom stereocenters. The second-order valence-corrected chi connectivity index (χ2v) is 4.04. The van der Waals surface area contributed by atoms with Crippen molar-refractivity contribution < 1.29 is 37.0 Å². The molecular formula is C14H15F3O5. The third kappa shape index (κ3) is 3.90. The van der Waals surface area contributed by atoms with Crippen molar-refractivity contribution in [3.05, 3.63) is 28.8 Å². The first-order valence-electron chi connectivity index (χ1n) is 6.39. The number of ether oxygens (including phenoxy) is 3. The van der Waals surface area contributed by atoms with Crippen LogP contribution in [0, 0.1) is 0 Å². The van der Waals surface area contributed by atoms with Crippen LogP contribution in [0.15, 0.2) is 12.1 Å². The third-order valence-corrected chi connectivity index (χ3v) is 2.61. The highest BCUT2D eigenvalue weighted by Crippen LogP contribution is 2.40. The van der Waals surface area contributed by atoms with Gasteiger partial charge in [-0.05, 0) is 26.0 Å². The van der Waals surface area contributed by atoms with Crippen molar-refractivity contribution in [2.75, 3.05) is 20.3 Å². The quantitative estimate of drug-likeness (QED) is 0.780. The number of hydrogen-bond donors (Lipinski definition) is 0. The van der Waals surface area contributed by atoms with E-state index >= 15 is 0 Å². The van der Waals surface area contributed by atoms with Crippen molar-refractivity contribution >= 4 is 11.9 Å². The second-order valence-electron chi connectivity index (χ2n) is 4.04. The predicted octanol–water partition coefficient (Wildman–Crippen LogP) is 3.07. The molecule has 0 fully saturated rings. The van der Waals surface area contributed by atoms with Gasteiger partial charge in [0.25, 0.3) is 0 Å². The molecule has 0 atom stereocenters. The molecule has 1 rings (SSSR count). The van der Waals surface area contributed by atoms with Gasteiger partial charge in [-0.15, -0.1) is 0 Å². The van der Waals surface area contributed by atoms with Gasteiger partial charge in [-0.1, -0.05) is 0 Å². The van der Waals surface area contributed by atoms with Gasteiger partial charge in [-0.2, -0.15) is 13.2 Å². The van der Waals surface area contributed by atoms with E-state index in [2.05, 4.69) is 9.47 Å². The summed E-state index contributed by atoms with van der Waals surface area (Å²) in [5.74, 6) is -2.71. The van der Waals surface area contributed by atoms with Crippen molar-refractivity contribution in [2.24, 2.45) is 0 Å². The highest BCUT2D eigenvalue weighted by molar-refractivity contribution is 5.97. The lowest BCUT2D eigenvalue weighted by Gasteiger charge is -2.17. The number of benzene rings is 1. The first kappa shape index (κ1) is 17.8. The van der Waals surface area contributed by atoms with Crippen LogP contribution in [-0.4, -0.2) is 32.3 Å². The molecule has 0 aliphatic heterocycles. The van der Waals surface area contributed by atoms with Crippen molar-refractivity contribution in [3.63, 3.8) is 0 Å². The first-order valence-corrected chi connectivity index (χ1v) is 6.39. The van der Waals surface area contributed by atoms with E-state index in [-0.39, 0.29) is 18.8 Å². The maximum atomic E-state index is 13.2. The van der Waals surface area contributed by atoms with Crippen LogP contribution in [0.3, 0.4) is 0 Å². The summed E-state index contributed by atoms with van der Waals surface area (Å²) in [6.07, 6.45) is -4.85. The molecule has 5 nitrogen and oxygen atoms in total. The topological polar surface area (TPSA) is 61.8 Å². The molecule has 0 aromatic heterocycles. The van der Waals surface area contributed by atoms with E-state index in [1.54, 1.807) is 6.92 Å². The minimum absolute atomic E-state index is 0.0386. The van der Waals surface area contributed by atoms with E-state index in [9.17, 15) is 22.8 Å². The summed E-state index contributed by atoms with van der Waals surface area (Å²) in [6.45, 7) is 2.93. The van der Waals surface area contributed by atoms with Crippen molar-refractivity contribution in [3.8, 4) is 5.75 Å². The minimum Gasteiger partial charge on any atom is -0.496 e. The number of halogens is 3. The Kier molecular flexibility index (Phi) is 5.78. The largest absolute Gasteiger partial charge is 0.496 e. The lowest BCUT2D eigenvalue weighted by Crippen LogP contribution is -2.18. The van der Waals surface area contributed by atoms with Crippen LogP contribution in [0.25, 0.3) is 0 Å². The van der Waals surface area contributed by atoms with E-state index in [0.29, 0.717) is 0 Å². The summed E-state index contributed by atoms with van der Waals surface area (Å²) in [5, 5.41) is 0. The molecule has 1 aromatic carbocycles. The zero-order chi connectivity index (χ0) is 16.9. The normalized spacial score (nSPS) is 11.0. The molecule has 0 N–H and O–H groups in total. The van der Waals surface area contributed by atoms with Crippen LogP contribution in [0.1, 0.15) is 40.1 Å². The number of carbonyl (C=O) groups is 2. The molecule has 0 amide bonds. The van der Waals surface area contributed by atoms with Gasteiger partial charge in [0, 0.05) is 0 Å². The van der Waals surface area contributed by atoms with Crippen molar-refractivity contribution in [1.29, 1.82) is 0 Å². The van der Waals surface area contributed by atoms with Crippen LogP contribution in [0.2, 0.25) is 0 Å². The summed E-state index contributed by atoms with van der Waals surface area (Å²) in [7, 11) is 1.01. The number of carbonyl (C=O) groups excluding carboxylic acids is 2. The monoisotopic (exact) mass is 320 g/mol. The van der Waals surface area contributed by atoms with Gasteiger partial charge >= 0.3 is 18.1 Å². The molecule has 0 heterocycles. The molecule has 0 aliphatic rings. The molecule has 0 bridgehead atoms. The summed E-state index contributed by atoms with van der Waals surface area (Å²) in [5.41, 5.74) is -2.31. The molecule has 0 radical (unpaired) electrons. The Hall–Kier alpha value is -2.25. The van der Waals surface area contributed by atoms with Gasteiger partial charge in [0.15, 0.2) is 0 Å². The molecule has 0 saturated heterocycles. The number of hydrogen-bond acceptors (Lipinski definition) is 5. The molecule has 0 saturated carbocycles.